The Morgan fingerprint density at radius 1 is 1.32 bits per heavy atom. The molecule has 0 amide bonds. The molecule has 0 atom stereocenters. The van der Waals surface area contributed by atoms with E-state index in [1.165, 1.54) is 18.4 Å². The molecule has 1 fully saturated rings. The second-order valence-corrected chi connectivity index (χ2v) is 5.59. The summed E-state index contributed by atoms with van der Waals surface area (Å²) in [5, 5.41) is 4.34. The average Bonchev–Trinajstić information content (AvgIpc) is 3.17. The molecular weight excluding hydrogens is 258 g/mol. The van der Waals surface area contributed by atoms with Crippen molar-refractivity contribution in [3.05, 3.63) is 40.5 Å². The number of nitrogens with two attached hydrogens (primary N) is 1. The fraction of sp³-hybridized carbons (Fsp3) is 0.385. The van der Waals surface area contributed by atoms with Crippen LogP contribution in [0.2, 0.25) is 0 Å². The van der Waals surface area contributed by atoms with Crippen LogP contribution in [0.4, 0.5) is 5.82 Å². The molecule has 0 saturated heterocycles. The lowest BCUT2D eigenvalue weighted by Gasteiger charge is -2.20. The Hall–Kier alpha value is -1.50. The lowest BCUT2D eigenvalue weighted by molar-refractivity contribution is 0.243. The summed E-state index contributed by atoms with van der Waals surface area (Å²) >= 11 is 1.75. The summed E-state index contributed by atoms with van der Waals surface area (Å²) in [6, 6.07) is 2.89. The van der Waals surface area contributed by atoms with Crippen LogP contribution in [0.5, 0.6) is 0 Å². The Bertz CT molecular complexity index is 506. The van der Waals surface area contributed by atoms with Crippen LogP contribution in [0.25, 0.3) is 0 Å². The Morgan fingerprint density at radius 2 is 2.21 bits per heavy atom. The van der Waals surface area contributed by atoms with Crippen molar-refractivity contribution in [2.75, 3.05) is 5.43 Å². The summed E-state index contributed by atoms with van der Waals surface area (Å²) in [6.07, 6.45) is 6.04. The van der Waals surface area contributed by atoms with E-state index in [2.05, 4.69) is 37.1 Å². The van der Waals surface area contributed by atoms with Crippen LogP contribution in [0.3, 0.4) is 0 Å². The van der Waals surface area contributed by atoms with E-state index in [1.54, 1.807) is 23.7 Å². The number of thiophene rings is 1. The van der Waals surface area contributed by atoms with Crippen molar-refractivity contribution >= 4 is 17.2 Å². The van der Waals surface area contributed by atoms with Crippen molar-refractivity contribution in [2.45, 2.75) is 32.0 Å². The maximum absolute atomic E-state index is 5.29. The second-order valence-electron chi connectivity index (χ2n) is 4.81. The van der Waals surface area contributed by atoms with Crippen molar-refractivity contribution in [3.63, 3.8) is 0 Å². The molecule has 0 aliphatic heterocycles. The first-order valence-corrected chi connectivity index (χ1v) is 7.32. The maximum Gasteiger partial charge on any atom is 0.158 e. The van der Waals surface area contributed by atoms with Crippen LogP contribution in [0.1, 0.15) is 24.1 Å². The molecule has 6 heteroatoms. The normalized spacial score (nSPS) is 14.8. The zero-order valence-electron chi connectivity index (χ0n) is 10.6. The number of hydrogen-bond donors (Lipinski definition) is 2. The third kappa shape index (κ3) is 3.28. The number of nitrogen functional groups attached to an aromatic ring is 1. The Balaban J connectivity index is 1.66. The van der Waals surface area contributed by atoms with Crippen LogP contribution in [-0.2, 0) is 13.1 Å². The Labute approximate surface area is 116 Å². The third-order valence-electron chi connectivity index (χ3n) is 3.25. The molecule has 1 aliphatic carbocycles. The summed E-state index contributed by atoms with van der Waals surface area (Å²) < 4.78 is 0. The highest BCUT2D eigenvalue weighted by molar-refractivity contribution is 7.07. The first kappa shape index (κ1) is 12.5. The second kappa shape index (κ2) is 5.64. The number of hydrogen-bond acceptors (Lipinski definition) is 6. The number of anilines is 1. The van der Waals surface area contributed by atoms with E-state index in [9.17, 15) is 0 Å². The van der Waals surface area contributed by atoms with Crippen LogP contribution < -0.4 is 11.3 Å². The van der Waals surface area contributed by atoms with Crippen LogP contribution in [0, 0.1) is 0 Å². The first-order valence-electron chi connectivity index (χ1n) is 6.38. The minimum atomic E-state index is 0.597. The molecule has 2 aromatic heterocycles. The summed E-state index contributed by atoms with van der Waals surface area (Å²) in [6.45, 7) is 1.84. The lowest BCUT2D eigenvalue weighted by Crippen LogP contribution is -2.25. The maximum atomic E-state index is 5.29. The van der Waals surface area contributed by atoms with Crippen molar-refractivity contribution in [1.82, 2.24) is 14.9 Å². The first-order chi connectivity index (χ1) is 9.35. The summed E-state index contributed by atoms with van der Waals surface area (Å²) in [7, 11) is 0. The molecule has 5 nitrogen and oxygen atoms in total. The largest absolute Gasteiger partial charge is 0.307 e. The van der Waals surface area contributed by atoms with Gasteiger partial charge in [0.15, 0.2) is 5.82 Å². The number of aromatic nitrogens is 2. The van der Waals surface area contributed by atoms with Crippen LogP contribution >= 0.6 is 11.3 Å². The molecule has 3 rings (SSSR count). The van der Waals surface area contributed by atoms with Crippen LogP contribution in [-0.4, -0.2) is 20.9 Å². The zero-order valence-corrected chi connectivity index (χ0v) is 11.4. The van der Waals surface area contributed by atoms with Gasteiger partial charge in [-0.15, -0.1) is 0 Å². The number of hydrazine groups is 1. The molecule has 0 bridgehead atoms. The highest BCUT2D eigenvalue weighted by atomic mass is 32.1. The van der Waals surface area contributed by atoms with E-state index in [0.717, 1.165) is 18.8 Å². The predicted molar refractivity (Wildman–Crippen MR) is 76.4 cm³/mol. The van der Waals surface area contributed by atoms with E-state index in [0.29, 0.717) is 11.9 Å². The van der Waals surface area contributed by atoms with Gasteiger partial charge in [0, 0.05) is 19.1 Å². The Kier molecular flexibility index (Phi) is 3.72. The lowest BCUT2D eigenvalue weighted by atomic mass is 10.3. The molecule has 1 saturated carbocycles. The van der Waals surface area contributed by atoms with Gasteiger partial charge in [0.25, 0.3) is 0 Å². The monoisotopic (exact) mass is 275 g/mol. The minimum absolute atomic E-state index is 0.597. The quantitative estimate of drug-likeness (QED) is 0.623. The standard InChI is InChI=1S/C13H17N5S/c14-17-13-6-15-11(5-16-13)8-18(12-1-2-12)7-10-3-4-19-9-10/h3-6,9,12H,1-2,7-8,14H2,(H,16,17). The topological polar surface area (TPSA) is 67.1 Å². The van der Waals surface area contributed by atoms with E-state index < -0.39 is 0 Å². The molecule has 0 unspecified atom stereocenters. The number of rotatable bonds is 6. The minimum Gasteiger partial charge on any atom is -0.307 e. The number of nitrogens with zero attached hydrogens (tertiary/aromatic N) is 3. The average molecular weight is 275 g/mol. The highest BCUT2D eigenvalue weighted by Crippen LogP contribution is 2.29. The predicted octanol–water partition coefficient (Wildman–Crippen LogP) is 1.99. The van der Waals surface area contributed by atoms with Gasteiger partial charge >= 0.3 is 0 Å². The molecule has 100 valence electrons. The van der Waals surface area contributed by atoms with Gasteiger partial charge in [0.1, 0.15) is 0 Å². The molecule has 2 heterocycles. The zero-order chi connectivity index (χ0) is 13.1. The molecule has 2 aromatic rings. The van der Waals surface area contributed by atoms with Gasteiger partial charge in [-0.25, -0.2) is 10.8 Å². The van der Waals surface area contributed by atoms with Crippen molar-refractivity contribution in [2.24, 2.45) is 5.84 Å². The van der Waals surface area contributed by atoms with E-state index in [4.69, 9.17) is 5.84 Å². The van der Waals surface area contributed by atoms with Crippen molar-refractivity contribution in [3.8, 4) is 0 Å². The molecule has 0 spiro atoms. The summed E-state index contributed by atoms with van der Waals surface area (Å²) in [4.78, 5) is 11.1. The SMILES string of the molecule is NNc1cnc(CN(Cc2ccsc2)C2CC2)cn1. The third-order valence-corrected chi connectivity index (χ3v) is 3.98. The number of nitrogens with one attached hydrogen (secondary N) is 1. The van der Waals surface area contributed by atoms with Gasteiger partial charge in [0.05, 0.1) is 18.1 Å². The van der Waals surface area contributed by atoms with Crippen molar-refractivity contribution < 1.29 is 0 Å². The molecule has 1 aliphatic rings. The van der Waals surface area contributed by atoms with Gasteiger partial charge in [-0.1, -0.05) is 0 Å². The van der Waals surface area contributed by atoms with Gasteiger partial charge in [-0.3, -0.25) is 9.88 Å². The van der Waals surface area contributed by atoms with Crippen molar-refractivity contribution in [1.29, 1.82) is 0 Å². The molecular formula is C13H17N5S. The van der Waals surface area contributed by atoms with E-state index in [1.807, 2.05) is 0 Å². The van der Waals surface area contributed by atoms with Gasteiger partial charge in [-0.2, -0.15) is 11.3 Å². The molecule has 0 radical (unpaired) electrons. The van der Waals surface area contributed by atoms with Gasteiger partial charge < -0.3 is 5.43 Å². The van der Waals surface area contributed by atoms with E-state index >= 15 is 0 Å². The van der Waals surface area contributed by atoms with E-state index in [-0.39, 0.29) is 0 Å². The smallest absolute Gasteiger partial charge is 0.158 e. The molecule has 19 heavy (non-hydrogen) atoms. The Morgan fingerprint density at radius 3 is 2.79 bits per heavy atom. The fourth-order valence-corrected chi connectivity index (χ4v) is 2.75. The molecule has 0 aromatic carbocycles. The highest BCUT2D eigenvalue weighted by Gasteiger charge is 2.29. The summed E-state index contributed by atoms with van der Waals surface area (Å²) in [5.74, 6) is 5.88. The van der Waals surface area contributed by atoms with Gasteiger partial charge in [-0.05, 0) is 35.2 Å². The van der Waals surface area contributed by atoms with Gasteiger partial charge in [0.2, 0.25) is 0 Å². The summed E-state index contributed by atoms with van der Waals surface area (Å²) in [5.41, 5.74) is 4.86. The van der Waals surface area contributed by atoms with Crippen LogP contribution in [0.15, 0.2) is 29.2 Å². The fourth-order valence-electron chi connectivity index (χ4n) is 2.09. The molecule has 3 N–H and O–H groups in total.